The number of nitrogens with zero attached hydrogens (tertiary/aromatic N) is 1. The summed E-state index contributed by atoms with van der Waals surface area (Å²) in [5, 5.41) is 13.1. The molecule has 1 fully saturated rings. The first-order valence-corrected chi connectivity index (χ1v) is 6.74. The standard InChI is InChI=1S/C16H22N2O/c1-12-9-15(2,3)10-16(12,11-17)18-13-5-7-14(19-4)8-6-13/h5-8,12,18H,9-10H2,1-4H3. The number of hydrogen-bond acceptors (Lipinski definition) is 3. The first-order valence-electron chi connectivity index (χ1n) is 6.74. The number of ether oxygens (including phenoxy) is 1. The second-order valence-corrected chi connectivity index (χ2v) is 6.38. The van der Waals surface area contributed by atoms with Crippen LogP contribution in [0.3, 0.4) is 0 Å². The van der Waals surface area contributed by atoms with Crippen LogP contribution >= 0.6 is 0 Å². The van der Waals surface area contributed by atoms with Gasteiger partial charge in [0.25, 0.3) is 0 Å². The van der Waals surface area contributed by atoms with Crippen LogP contribution in [0, 0.1) is 22.7 Å². The van der Waals surface area contributed by atoms with Gasteiger partial charge in [-0.05, 0) is 48.4 Å². The van der Waals surface area contributed by atoms with Crippen molar-refractivity contribution in [3.05, 3.63) is 24.3 Å². The predicted octanol–water partition coefficient (Wildman–Crippen LogP) is 3.83. The van der Waals surface area contributed by atoms with Crippen molar-refractivity contribution < 1.29 is 4.74 Å². The van der Waals surface area contributed by atoms with Gasteiger partial charge in [-0.1, -0.05) is 20.8 Å². The average Bonchev–Trinajstić information content (AvgIpc) is 2.60. The number of anilines is 1. The SMILES string of the molecule is COc1ccc(NC2(C#N)CC(C)(C)CC2C)cc1. The van der Waals surface area contributed by atoms with Gasteiger partial charge in [-0.25, -0.2) is 0 Å². The quantitative estimate of drug-likeness (QED) is 0.896. The van der Waals surface area contributed by atoms with Crippen molar-refractivity contribution in [1.82, 2.24) is 0 Å². The Labute approximate surface area is 115 Å². The molecule has 0 radical (unpaired) electrons. The maximum atomic E-state index is 9.64. The summed E-state index contributed by atoms with van der Waals surface area (Å²) in [6.07, 6.45) is 1.95. The number of rotatable bonds is 3. The van der Waals surface area contributed by atoms with Crippen molar-refractivity contribution in [3.63, 3.8) is 0 Å². The van der Waals surface area contributed by atoms with E-state index in [-0.39, 0.29) is 5.41 Å². The number of methoxy groups -OCH3 is 1. The fraction of sp³-hybridized carbons (Fsp3) is 0.562. The van der Waals surface area contributed by atoms with Crippen molar-refractivity contribution >= 4 is 5.69 Å². The number of nitriles is 1. The molecule has 3 heteroatoms. The largest absolute Gasteiger partial charge is 0.497 e. The summed E-state index contributed by atoms with van der Waals surface area (Å²) >= 11 is 0. The van der Waals surface area contributed by atoms with Crippen molar-refractivity contribution in [2.24, 2.45) is 11.3 Å². The van der Waals surface area contributed by atoms with Crippen molar-refractivity contribution in [1.29, 1.82) is 5.26 Å². The van der Waals surface area contributed by atoms with E-state index in [4.69, 9.17) is 4.74 Å². The summed E-state index contributed by atoms with van der Waals surface area (Å²) in [6, 6.07) is 10.3. The minimum absolute atomic E-state index is 0.217. The van der Waals surface area contributed by atoms with E-state index in [1.54, 1.807) is 7.11 Å². The molecule has 0 amide bonds. The smallest absolute Gasteiger partial charge is 0.128 e. The Hall–Kier alpha value is -1.69. The van der Waals surface area contributed by atoms with Gasteiger partial charge in [0.1, 0.15) is 11.3 Å². The van der Waals surface area contributed by atoms with E-state index in [9.17, 15) is 5.26 Å². The number of hydrogen-bond donors (Lipinski definition) is 1. The van der Waals surface area contributed by atoms with Gasteiger partial charge in [0.05, 0.1) is 13.2 Å². The summed E-state index contributed by atoms with van der Waals surface area (Å²) in [5.74, 6) is 1.17. The molecule has 1 saturated carbocycles. The van der Waals surface area contributed by atoms with Crippen molar-refractivity contribution in [2.75, 3.05) is 12.4 Å². The minimum atomic E-state index is -0.460. The van der Waals surface area contributed by atoms with Crippen LogP contribution < -0.4 is 10.1 Å². The third-order valence-electron chi connectivity index (χ3n) is 4.11. The summed E-state index contributed by atoms with van der Waals surface area (Å²) in [7, 11) is 1.65. The molecule has 1 aromatic carbocycles. The Kier molecular flexibility index (Phi) is 3.45. The Morgan fingerprint density at radius 3 is 2.37 bits per heavy atom. The molecule has 102 valence electrons. The monoisotopic (exact) mass is 258 g/mol. The molecule has 2 rings (SSSR count). The van der Waals surface area contributed by atoms with Crippen LogP contribution in [0.2, 0.25) is 0 Å². The first-order chi connectivity index (χ1) is 8.91. The molecule has 0 spiro atoms. The van der Waals surface area contributed by atoms with Gasteiger partial charge < -0.3 is 10.1 Å². The second kappa shape index (κ2) is 4.77. The fourth-order valence-corrected chi connectivity index (χ4v) is 3.28. The lowest BCUT2D eigenvalue weighted by Crippen LogP contribution is -2.39. The van der Waals surface area contributed by atoms with Crippen LogP contribution in [-0.4, -0.2) is 12.6 Å². The molecule has 0 aliphatic heterocycles. The van der Waals surface area contributed by atoms with Gasteiger partial charge in [0, 0.05) is 5.69 Å². The maximum absolute atomic E-state index is 9.64. The third-order valence-corrected chi connectivity index (χ3v) is 4.11. The zero-order valence-electron chi connectivity index (χ0n) is 12.2. The van der Waals surface area contributed by atoms with Crippen LogP contribution in [0.1, 0.15) is 33.6 Å². The molecule has 0 saturated heterocycles. The lowest BCUT2D eigenvalue weighted by Gasteiger charge is -2.29. The lowest BCUT2D eigenvalue weighted by atomic mass is 9.87. The van der Waals surface area contributed by atoms with E-state index in [2.05, 4.69) is 32.2 Å². The predicted molar refractivity (Wildman–Crippen MR) is 77.1 cm³/mol. The molecule has 2 atom stereocenters. The van der Waals surface area contributed by atoms with Crippen molar-refractivity contribution in [3.8, 4) is 11.8 Å². The zero-order chi connectivity index (χ0) is 14.1. The van der Waals surface area contributed by atoms with E-state index < -0.39 is 5.54 Å². The minimum Gasteiger partial charge on any atom is -0.497 e. The lowest BCUT2D eigenvalue weighted by molar-refractivity contribution is 0.363. The zero-order valence-corrected chi connectivity index (χ0v) is 12.2. The molecule has 3 nitrogen and oxygen atoms in total. The van der Waals surface area contributed by atoms with Gasteiger partial charge in [-0.2, -0.15) is 5.26 Å². The summed E-state index contributed by atoms with van der Waals surface area (Å²) < 4.78 is 5.15. The van der Waals surface area contributed by atoms with Crippen LogP contribution in [0.15, 0.2) is 24.3 Å². The molecule has 1 aliphatic rings. The topological polar surface area (TPSA) is 45.0 Å². The highest BCUT2D eigenvalue weighted by molar-refractivity contribution is 5.51. The van der Waals surface area contributed by atoms with Gasteiger partial charge in [-0.3, -0.25) is 0 Å². The summed E-state index contributed by atoms with van der Waals surface area (Å²) in [6.45, 7) is 6.63. The summed E-state index contributed by atoms with van der Waals surface area (Å²) in [5.41, 5.74) is 0.735. The molecule has 1 aromatic rings. The summed E-state index contributed by atoms with van der Waals surface area (Å²) in [4.78, 5) is 0. The fourth-order valence-electron chi connectivity index (χ4n) is 3.28. The van der Waals surface area contributed by atoms with Crippen LogP contribution in [0.25, 0.3) is 0 Å². The molecule has 1 aliphatic carbocycles. The molecular formula is C16H22N2O. The molecule has 0 heterocycles. The van der Waals surface area contributed by atoms with Crippen LogP contribution in [0.5, 0.6) is 5.75 Å². The van der Waals surface area contributed by atoms with Crippen molar-refractivity contribution in [2.45, 2.75) is 39.2 Å². The molecule has 0 bridgehead atoms. The maximum Gasteiger partial charge on any atom is 0.128 e. The van der Waals surface area contributed by atoms with Gasteiger partial charge in [-0.15, -0.1) is 0 Å². The Morgan fingerprint density at radius 1 is 1.32 bits per heavy atom. The Bertz CT molecular complexity index is 486. The molecule has 0 aromatic heterocycles. The average molecular weight is 258 g/mol. The normalized spacial score (nSPS) is 28.7. The van der Waals surface area contributed by atoms with E-state index in [1.807, 2.05) is 24.3 Å². The van der Waals surface area contributed by atoms with E-state index >= 15 is 0 Å². The Balaban J connectivity index is 2.22. The van der Waals surface area contributed by atoms with E-state index in [1.165, 1.54) is 0 Å². The number of nitrogens with one attached hydrogen (secondary N) is 1. The van der Waals surface area contributed by atoms with Crippen LogP contribution in [-0.2, 0) is 0 Å². The van der Waals surface area contributed by atoms with Gasteiger partial charge in [0.15, 0.2) is 0 Å². The van der Waals surface area contributed by atoms with Crippen LogP contribution in [0.4, 0.5) is 5.69 Å². The highest BCUT2D eigenvalue weighted by Crippen LogP contribution is 2.48. The van der Waals surface area contributed by atoms with Gasteiger partial charge >= 0.3 is 0 Å². The second-order valence-electron chi connectivity index (χ2n) is 6.38. The molecule has 2 unspecified atom stereocenters. The third kappa shape index (κ3) is 2.68. The van der Waals surface area contributed by atoms with E-state index in [0.717, 1.165) is 24.3 Å². The number of benzene rings is 1. The highest BCUT2D eigenvalue weighted by atomic mass is 16.5. The molecule has 19 heavy (non-hydrogen) atoms. The highest BCUT2D eigenvalue weighted by Gasteiger charge is 2.49. The van der Waals surface area contributed by atoms with Gasteiger partial charge in [0.2, 0.25) is 0 Å². The molecule has 1 N–H and O–H groups in total. The Morgan fingerprint density at radius 2 is 1.95 bits per heavy atom. The van der Waals surface area contributed by atoms with E-state index in [0.29, 0.717) is 5.92 Å². The molecular weight excluding hydrogens is 236 g/mol. The first kappa shape index (κ1) is 13.7.